The minimum absolute atomic E-state index is 0.00300. The SMILES string of the molecule is Cc1ccc([Se]C[C@H](NCN)C(=O)CCC(N)=O)cc1. The number of rotatable bonds is 9. The molecule has 5 nitrogen and oxygen atoms in total. The summed E-state index contributed by atoms with van der Waals surface area (Å²) in [6, 6.07) is 8.01. The van der Waals surface area contributed by atoms with E-state index in [1.807, 2.05) is 6.92 Å². The third-order valence-corrected chi connectivity index (χ3v) is 5.13. The van der Waals surface area contributed by atoms with Crippen LogP contribution >= 0.6 is 0 Å². The van der Waals surface area contributed by atoms with Crippen LogP contribution in [0.2, 0.25) is 5.32 Å². The van der Waals surface area contributed by atoms with E-state index in [9.17, 15) is 9.59 Å². The van der Waals surface area contributed by atoms with Gasteiger partial charge in [-0.05, 0) is 0 Å². The number of ketones is 1. The fourth-order valence-electron chi connectivity index (χ4n) is 1.64. The maximum absolute atomic E-state index is 12.0. The number of carbonyl (C=O) groups is 2. The Bertz CT molecular complexity index is 448. The van der Waals surface area contributed by atoms with E-state index >= 15 is 0 Å². The summed E-state index contributed by atoms with van der Waals surface area (Å²) in [5, 5.41) is 3.71. The first kappa shape index (κ1) is 16.9. The number of aryl methyl sites for hydroxylation is 1. The third kappa shape index (κ3) is 6.30. The van der Waals surface area contributed by atoms with Crippen LogP contribution < -0.4 is 21.2 Å². The van der Waals surface area contributed by atoms with Crippen molar-refractivity contribution in [1.82, 2.24) is 5.32 Å². The van der Waals surface area contributed by atoms with Gasteiger partial charge in [0.25, 0.3) is 0 Å². The molecule has 0 aliphatic heterocycles. The van der Waals surface area contributed by atoms with Gasteiger partial charge in [0.15, 0.2) is 0 Å². The van der Waals surface area contributed by atoms with E-state index in [0.717, 1.165) is 5.32 Å². The second-order valence-corrected chi connectivity index (χ2v) is 6.81. The molecule has 0 unspecified atom stereocenters. The average Bonchev–Trinajstić information content (AvgIpc) is 2.42. The topological polar surface area (TPSA) is 98.2 Å². The zero-order valence-electron chi connectivity index (χ0n) is 11.6. The van der Waals surface area contributed by atoms with Gasteiger partial charge in [-0.15, -0.1) is 0 Å². The van der Waals surface area contributed by atoms with Crippen molar-refractivity contribution in [2.45, 2.75) is 31.1 Å². The molecule has 0 bridgehead atoms. The van der Waals surface area contributed by atoms with Gasteiger partial charge in [0.2, 0.25) is 0 Å². The van der Waals surface area contributed by atoms with Crippen LogP contribution in [0.4, 0.5) is 0 Å². The first-order valence-corrected chi connectivity index (χ1v) is 8.53. The van der Waals surface area contributed by atoms with Crippen molar-refractivity contribution in [1.29, 1.82) is 0 Å². The van der Waals surface area contributed by atoms with Crippen LogP contribution in [0.1, 0.15) is 18.4 Å². The molecule has 1 atom stereocenters. The minimum atomic E-state index is -0.450. The van der Waals surface area contributed by atoms with Gasteiger partial charge in [-0.2, -0.15) is 0 Å². The monoisotopic (exact) mass is 343 g/mol. The second kappa shape index (κ2) is 8.87. The van der Waals surface area contributed by atoms with E-state index in [1.165, 1.54) is 10.0 Å². The molecule has 6 heteroatoms. The van der Waals surface area contributed by atoms with E-state index in [1.54, 1.807) is 0 Å². The number of carbonyl (C=O) groups excluding carboxylic acids is 2. The Hall–Kier alpha value is -1.20. The number of amides is 1. The summed E-state index contributed by atoms with van der Waals surface area (Å²) in [5.74, 6) is -0.447. The Kier molecular flexibility index (Phi) is 7.47. The number of benzene rings is 1. The number of hydrogen-bond acceptors (Lipinski definition) is 4. The molecule has 1 aromatic carbocycles. The van der Waals surface area contributed by atoms with Gasteiger partial charge >= 0.3 is 125 Å². The van der Waals surface area contributed by atoms with Crippen molar-refractivity contribution >= 4 is 31.1 Å². The number of hydrogen-bond donors (Lipinski definition) is 3. The first-order chi connectivity index (χ1) is 9.52. The Morgan fingerprint density at radius 1 is 1.25 bits per heavy atom. The molecule has 0 fully saturated rings. The second-order valence-electron chi connectivity index (χ2n) is 4.52. The van der Waals surface area contributed by atoms with Crippen LogP contribution in [0.15, 0.2) is 24.3 Å². The summed E-state index contributed by atoms with van der Waals surface area (Å²) in [7, 11) is 0. The molecule has 20 heavy (non-hydrogen) atoms. The van der Waals surface area contributed by atoms with Gasteiger partial charge in [-0.1, -0.05) is 0 Å². The number of nitrogens with two attached hydrogens (primary N) is 2. The number of nitrogens with one attached hydrogen (secondary N) is 1. The Morgan fingerprint density at radius 3 is 2.45 bits per heavy atom. The van der Waals surface area contributed by atoms with Crippen molar-refractivity contribution in [3.63, 3.8) is 0 Å². The molecule has 5 N–H and O–H groups in total. The number of Topliss-reactive ketones (excluding diaryl/α,β-unsaturated/α-hetero) is 1. The van der Waals surface area contributed by atoms with Crippen LogP contribution in [0, 0.1) is 6.92 Å². The molecular weight excluding hydrogens is 321 g/mol. The van der Waals surface area contributed by atoms with Crippen molar-refractivity contribution < 1.29 is 9.59 Å². The van der Waals surface area contributed by atoms with E-state index in [-0.39, 0.29) is 46.3 Å². The first-order valence-electron chi connectivity index (χ1n) is 6.47. The molecule has 0 spiro atoms. The van der Waals surface area contributed by atoms with Crippen molar-refractivity contribution in [3.8, 4) is 0 Å². The molecule has 0 aliphatic carbocycles. The molecule has 0 saturated carbocycles. The Morgan fingerprint density at radius 2 is 1.90 bits per heavy atom. The molecule has 110 valence electrons. The number of primary amides is 1. The van der Waals surface area contributed by atoms with Gasteiger partial charge in [-0.3, -0.25) is 0 Å². The van der Waals surface area contributed by atoms with Crippen LogP contribution in [0.3, 0.4) is 0 Å². The quantitative estimate of drug-likeness (QED) is 0.414. The summed E-state index contributed by atoms with van der Waals surface area (Å²) in [6.07, 6.45) is 0.274. The molecule has 0 aromatic heterocycles. The van der Waals surface area contributed by atoms with Crippen LogP contribution in [0.25, 0.3) is 0 Å². The van der Waals surface area contributed by atoms with Crippen molar-refractivity contribution in [3.05, 3.63) is 29.8 Å². The molecule has 0 saturated heterocycles. The van der Waals surface area contributed by atoms with E-state index < -0.39 is 5.91 Å². The maximum atomic E-state index is 12.0. The fourth-order valence-corrected chi connectivity index (χ4v) is 3.72. The predicted molar refractivity (Wildman–Crippen MR) is 80.8 cm³/mol. The van der Waals surface area contributed by atoms with Crippen LogP contribution in [-0.4, -0.2) is 39.4 Å². The predicted octanol–water partition coefficient (Wildman–Crippen LogP) is -0.548. The fraction of sp³-hybridized carbons (Fsp3) is 0.429. The van der Waals surface area contributed by atoms with Crippen LogP contribution in [-0.2, 0) is 9.59 Å². The third-order valence-electron chi connectivity index (χ3n) is 2.81. The Balaban J connectivity index is 2.51. The van der Waals surface area contributed by atoms with E-state index in [2.05, 4.69) is 29.6 Å². The molecule has 0 heterocycles. The molecule has 1 amide bonds. The molecular formula is C14H21N3O2Se. The standard InChI is InChI=1S/C14H21N3O2Se/c1-10-2-4-11(5-3-10)20-8-12(17-9-15)13(18)6-7-14(16)19/h2-5,12,17H,6-9,15H2,1H3,(H2,16,19)/t12-/m0/s1. The van der Waals surface area contributed by atoms with Gasteiger partial charge in [-0.25, -0.2) is 0 Å². The zero-order chi connectivity index (χ0) is 15.0. The summed E-state index contributed by atoms with van der Waals surface area (Å²) in [4.78, 5) is 22.7. The summed E-state index contributed by atoms with van der Waals surface area (Å²) >= 11 is 0.197. The Labute approximate surface area is 125 Å². The summed E-state index contributed by atoms with van der Waals surface area (Å²) < 4.78 is 1.25. The van der Waals surface area contributed by atoms with E-state index in [0.29, 0.717) is 0 Å². The van der Waals surface area contributed by atoms with E-state index in [4.69, 9.17) is 11.5 Å². The molecule has 1 rings (SSSR count). The van der Waals surface area contributed by atoms with Gasteiger partial charge in [0, 0.05) is 0 Å². The van der Waals surface area contributed by atoms with Gasteiger partial charge in [0.05, 0.1) is 0 Å². The van der Waals surface area contributed by atoms with Crippen molar-refractivity contribution in [2.75, 3.05) is 6.67 Å². The van der Waals surface area contributed by atoms with Crippen LogP contribution in [0.5, 0.6) is 0 Å². The molecule has 0 radical (unpaired) electrons. The van der Waals surface area contributed by atoms with Crippen molar-refractivity contribution in [2.24, 2.45) is 11.5 Å². The molecule has 1 aromatic rings. The molecule has 0 aliphatic rings. The zero-order valence-corrected chi connectivity index (χ0v) is 13.3. The normalized spacial score (nSPS) is 12.1. The average molecular weight is 342 g/mol. The van der Waals surface area contributed by atoms with Gasteiger partial charge < -0.3 is 0 Å². The van der Waals surface area contributed by atoms with Gasteiger partial charge in [0.1, 0.15) is 0 Å². The summed E-state index contributed by atoms with van der Waals surface area (Å²) in [5.41, 5.74) is 11.7. The summed E-state index contributed by atoms with van der Waals surface area (Å²) in [6.45, 7) is 2.29.